The summed E-state index contributed by atoms with van der Waals surface area (Å²) in [7, 11) is 0. The highest BCUT2D eigenvalue weighted by Gasteiger charge is 2.17. The van der Waals surface area contributed by atoms with Gasteiger partial charge in [-0.3, -0.25) is 0 Å². The van der Waals surface area contributed by atoms with Gasteiger partial charge in [0, 0.05) is 0 Å². The molecule has 0 heterocycles. The molecule has 0 bridgehead atoms. The Morgan fingerprint density at radius 1 is 1.00 bits per heavy atom. The lowest BCUT2D eigenvalue weighted by atomic mass is 10.1. The zero-order valence-electron chi connectivity index (χ0n) is 13.8. The van der Waals surface area contributed by atoms with Crippen LogP contribution in [0.5, 0.6) is 5.75 Å². The van der Waals surface area contributed by atoms with Crippen molar-refractivity contribution in [3.8, 4) is 5.75 Å². The van der Waals surface area contributed by atoms with E-state index in [1.54, 1.807) is 0 Å². The van der Waals surface area contributed by atoms with Crippen molar-refractivity contribution in [3.05, 3.63) is 42.5 Å². The smallest absolute Gasteiger partial charge is 0.137 e. The fourth-order valence-corrected chi connectivity index (χ4v) is 3.41. The molecule has 0 amide bonds. The van der Waals surface area contributed by atoms with Crippen molar-refractivity contribution in [1.29, 1.82) is 0 Å². The quantitative estimate of drug-likeness (QED) is 0.805. The maximum atomic E-state index is 10.2. The molecule has 23 heavy (non-hydrogen) atoms. The Hall–Kier alpha value is -1.58. The van der Waals surface area contributed by atoms with Crippen LogP contribution in [0.15, 0.2) is 42.5 Å². The Morgan fingerprint density at radius 2 is 1.74 bits per heavy atom. The van der Waals surface area contributed by atoms with Crippen molar-refractivity contribution in [1.82, 2.24) is 0 Å². The average molecular weight is 314 g/mol. The van der Waals surface area contributed by atoms with Crippen LogP contribution >= 0.6 is 0 Å². The molecule has 0 radical (unpaired) electrons. The minimum atomic E-state index is -0.412. The predicted molar refractivity (Wildman–Crippen MR) is 93.7 cm³/mol. The van der Waals surface area contributed by atoms with Gasteiger partial charge in [0.05, 0.1) is 6.04 Å². The van der Waals surface area contributed by atoms with Gasteiger partial charge in [-0.25, -0.2) is 0 Å². The Morgan fingerprint density at radius 3 is 2.52 bits per heavy atom. The summed E-state index contributed by atoms with van der Waals surface area (Å²) in [5.74, 6) is 0.831. The summed E-state index contributed by atoms with van der Waals surface area (Å²) in [6.07, 6.45) is 7.59. The fraction of sp³-hybridized carbons (Fsp3) is 0.500. The summed E-state index contributed by atoms with van der Waals surface area (Å²) in [5, 5.41) is 14.9. The number of nitrogens with two attached hydrogens (primary N) is 1. The highest BCUT2D eigenvalue weighted by atomic mass is 16.5. The molecule has 3 heteroatoms. The van der Waals surface area contributed by atoms with Crippen LogP contribution in [0.1, 0.15) is 38.5 Å². The molecule has 1 fully saturated rings. The Labute approximate surface area is 138 Å². The summed E-state index contributed by atoms with van der Waals surface area (Å²) in [5.41, 5.74) is 0. The van der Waals surface area contributed by atoms with Gasteiger partial charge >= 0.3 is 0 Å². The Bertz CT molecular complexity index is 605. The van der Waals surface area contributed by atoms with E-state index in [0.29, 0.717) is 12.6 Å². The first-order valence-electron chi connectivity index (χ1n) is 8.94. The van der Waals surface area contributed by atoms with Crippen molar-refractivity contribution in [3.63, 3.8) is 0 Å². The first-order chi connectivity index (χ1) is 11.3. The molecule has 1 saturated carbocycles. The van der Waals surface area contributed by atoms with E-state index < -0.39 is 6.10 Å². The molecule has 1 aliphatic carbocycles. The van der Waals surface area contributed by atoms with Crippen molar-refractivity contribution >= 4 is 10.8 Å². The second kappa shape index (κ2) is 8.32. The van der Waals surface area contributed by atoms with Gasteiger partial charge in [-0.05, 0) is 48.6 Å². The lowest BCUT2D eigenvalue weighted by molar-refractivity contribution is -0.695. The van der Waals surface area contributed by atoms with Crippen LogP contribution in [0, 0.1) is 0 Å². The fourth-order valence-electron chi connectivity index (χ4n) is 3.41. The van der Waals surface area contributed by atoms with Gasteiger partial charge in [-0.2, -0.15) is 0 Å². The predicted octanol–water partition coefficient (Wildman–Crippen LogP) is 2.87. The van der Waals surface area contributed by atoms with Crippen molar-refractivity contribution in [2.45, 2.75) is 50.7 Å². The van der Waals surface area contributed by atoms with Gasteiger partial charge < -0.3 is 15.2 Å². The molecule has 1 atom stereocenters. The van der Waals surface area contributed by atoms with E-state index in [0.717, 1.165) is 12.3 Å². The first-order valence-corrected chi connectivity index (χ1v) is 8.94. The van der Waals surface area contributed by atoms with E-state index >= 15 is 0 Å². The third kappa shape index (κ3) is 4.95. The third-order valence-electron chi connectivity index (χ3n) is 4.80. The molecule has 0 aliphatic heterocycles. The molecule has 3 rings (SSSR count). The minimum absolute atomic E-state index is 0.363. The molecule has 3 nitrogen and oxygen atoms in total. The van der Waals surface area contributed by atoms with Crippen molar-refractivity contribution in [2.24, 2.45) is 0 Å². The second-order valence-corrected chi connectivity index (χ2v) is 6.70. The maximum Gasteiger partial charge on any atom is 0.137 e. The van der Waals surface area contributed by atoms with Gasteiger partial charge in [0.1, 0.15) is 25.0 Å². The van der Waals surface area contributed by atoms with Gasteiger partial charge in [0.2, 0.25) is 0 Å². The Kier molecular flexibility index (Phi) is 5.89. The molecule has 0 saturated heterocycles. The molecule has 2 aromatic carbocycles. The van der Waals surface area contributed by atoms with Crippen LogP contribution in [-0.2, 0) is 0 Å². The summed E-state index contributed by atoms with van der Waals surface area (Å²) in [4.78, 5) is 0. The van der Waals surface area contributed by atoms with E-state index in [-0.39, 0.29) is 0 Å². The number of hydrogen-bond donors (Lipinski definition) is 2. The minimum Gasteiger partial charge on any atom is -0.491 e. The first kappa shape index (κ1) is 16.3. The maximum absolute atomic E-state index is 10.2. The lowest BCUT2D eigenvalue weighted by Gasteiger charge is -2.16. The van der Waals surface area contributed by atoms with E-state index in [9.17, 15) is 5.11 Å². The summed E-state index contributed by atoms with van der Waals surface area (Å²) in [6, 6.07) is 15.0. The average Bonchev–Trinajstić information content (AvgIpc) is 2.87. The molecule has 0 unspecified atom stereocenters. The highest BCUT2D eigenvalue weighted by molar-refractivity contribution is 5.83. The van der Waals surface area contributed by atoms with Crippen LogP contribution in [-0.4, -0.2) is 30.4 Å². The standard InChI is InChI=1S/C20H27NO2/c22-19(14-21-18-9-3-1-2-4-10-18)15-23-20-12-11-16-7-5-6-8-17(16)13-20/h5-8,11-13,18-19,21-22H,1-4,9-10,14-15H2/p+1/t19-/m0/s1. The summed E-state index contributed by atoms with van der Waals surface area (Å²) >= 11 is 0. The van der Waals surface area contributed by atoms with Crippen LogP contribution < -0.4 is 10.1 Å². The normalized spacial score (nSPS) is 17.8. The zero-order valence-corrected chi connectivity index (χ0v) is 13.8. The zero-order chi connectivity index (χ0) is 15.9. The monoisotopic (exact) mass is 314 g/mol. The largest absolute Gasteiger partial charge is 0.491 e. The van der Waals surface area contributed by atoms with Crippen LogP contribution in [0.4, 0.5) is 0 Å². The number of fused-ring (bicyclic) bond motifs is 1. The van der Waals surface area contributed by atoms with E-state index in [2.05, 4.69) is 23.5 Å². The topological polar surface area (TPSA) is 46.1 Å². The lowest BCUT2D eigenvalue weighted by Crippen LogP contribution is -2.91. The number of ether oxygens (including phenoxy) is 1. The number of benzene rings is 2. The molecule has 124 valence electrons. The van der Waals surface area contributed by atoms with Crippen LogP contribution in [0.3, 0.4) is 0 Å². The van der Waals surface area contributed by atoms with Gasteiger partial charge in [-0.15, -0.1) is 0 Å². The highest BCUT2D eigenvalue weighted by Crippen LogP contribution is 2.20. The molecular formula is C20H28NO2+. The SMILES string of the molecule is O[C@@H](C[NH2+]C1CCCCCC1)COc1ccc2ccccc2c1. The van der Waals surface area contributed by atoms with Crippen LogP contribution in [0.25, 0.3) is 10.8 Å². The van der Waals surface area contributed by atoms with Crippen LogP contribution in [0.2, 0.25) is 0 Å². The van der Waals surface area contributed by atoms with E-state index in [4.69, 9.17) is 4.74 Å². The molecule has 0 spiro atoms. The van der Waals surface area contributed by atoms with E-state index in [1.165, 1.54) is 49.3 Å². The second-order valence-electron chi connectivity index (χ2n) is 6.70. The summed E-state index contributed by atoms with van der Waals surface area (Å²) < 4.78 is 5.77. The van der Waals surface area contributed by atoms with E-state index in [1.807, 2.05) is 24.3 Å². The number of aliphatic hydroxyl groups is 1. The number of quaternary nitrogens is 1. The molecule has 2 aromatic rings. The molecule has 1 aliphatic rings. The van der Waals surface area contributed by atoms with Gasteiger partial charge in [0.25, 0.3) is 0 Å². The van der Waals surface area contributed by atoms with Crippen molar-refractivity contribution < 1.29 is 15.2 Å². The Balaban J connectivity index is 1.44. The third-order valence-corrected chi connectivity index (χ3v) is 4.80. The molecule has 0 aromatic heterocycles. The number of hydrogen-bond acceptors (Lipinski definition) is 2. The molecular weight excluding hydrogens is 286 g/mol. The van der Waals surface area contributed by atoms with Gasteiger partial charge in [0.15, 0.2) is 0 Å². The van der Waals surface area contributed by atoms with Crippen molar-refractivity contribution in [2.75, 3.05) is 13.2 Å². The molecule has 3 N–H and O–H groups in total. The van der Waals surface area contributed by atoms with Gasteiger partial charge in [-0.1, -0.05) is 43.2 Å². The number of rotatable bonds is 6. The summed E-state index contributed by atoms with van der Waals surface area (Å²) in [6.45, 7) is 1.10. The number of aliphatic hydroxyl groups excluding tert-OH is 1.